The minimum Gasteiger partial charge on any atom is -0.395 e. The van der Waals surface area contributed by atoms with Gasteiger partial charge < -0.3 is 10.8 Å². The predicted molar refractivity (Wildman–Crippen MR) is 78.8 cm³/mol. The molecule has 0 spiro atoms. The molecule has 0 amide bonds. The van der Waals surface area contributed by atoms with Gasteiger partial charge in [-0.15, -0.1) is 0 Å². The molecule has 19 heavy (non-hydrogen) atoms. The van der Waals surface area contributed by atoms with Crippen molar-refractivity contribution in [2.24, 2.45) is 5.73 Å². The summed E-state index contributed by atoms with van der Waals surface area (Å²) in [6.45, 7) is 6.06. The molecule has 4 heteroatoms. The van der Waals surface area contributed by atoms with Crippen molar-refractivity contribution in [2.75, 3.05) is 19.7 Å². The van der Waals surface area contributed by atoms with Crippen LogP contribution >= 0.6 is 0 Å². The molecule has 0 aliphatic rings. The Hall–Kier alpha value is -0.970. The van der Waals surface area contributed by atoms with E-state index in [1.807, 2.05) is 12.3 Å². The molecule has 0 aliphatic carbocycles. The number of rotatable bonds is 9. The SMILES string of the molecule is CCCCN(CCO)C(c1cccnc1)C(N)CC. The van der Waals surface area contributed by atoms with Crippen LogP contribution in [0.4, 0.5) is 0 Å². The molecule has 0 saturated heterocycles. The molecule has 0 saturated carbocycles. The first-order valence-electron chi connectivity index (χ1n) is 7.25. The monoisotopic (exact) mass is 265 g/mol. The predicted octanol–water partition coefficient (Wildman–Crippen LogP) is 1.95. The highest BCUT2D eigenvalue weighted by atomic mass is 16.3. The number of pyridine rings is 1. The normalized spacial score (nSPS) is 14.6. The summed E-state index contributed by atoms with van der Waals surface area (Å²) in [5.41, 5.74) is 7.44. The Labute approximate surface area is 116 Å². The number of aliphatic hydroxyl groups is 1. The average molecular weight is 265 g/mol. The molecule has 0 fully saturated rings. The van der Waals surface area contributed by atoms with Gasteiger partial charge in [0.1, 0.15) is 0 Å². The summed E-state index contributed by atoms with van der Waals surface area (Å²) in [4.78, 5) is 6.49. The van der Waals surface area contributed by atoms with Crippen molar-refractivity contribution in [3.05, 3.63) is 30.1 Å². The van der Waals surface area contributed by atoms with Crippen molar-refractivity contribution < 1.29 is 5.11 Å². The average Bonchev–Trinajstić information content (AvgIpc) is 2.46. The van der Waals surface area contributed by atoms with Gasteiger partial charge in [-0.25, -0.2) is 0 Å². The van der Waals surface area contributed by atoms with Crippen molar-refractivity contribution in [1.29, 1.82) is 0 Å². The van der Waals surface area contributed by atoms with E-state index in [1.165, 1.54) is 0 Å². The Morgan fingerprint density at radius 3 is 2.68 bits per heavy atom. The van der Waals surface area contributed by atoms with E-state index in [1.54, 1.807) is 6.20 Å². The van der Waals surface area contributed by atoms with E-state index in [0.29, 0.717) is 6.54 Å². The number of nitrogens with zero attached hydrogens (tertiary/aromatic N) is 2. The van der Waals surface area contributed by atoms with Crippen LogP contribution in [0.1, 0.15) is 44.7 Å². The van der Waals surface area contributed by atoms with Crippen LogP contribution in [0, 0.1) is 0 Å². The smallest absolute Gasteiger partial charge is 0.0558 e. The lowest BCUT2D eigenvalue weighted by atomic mass is 9.97. The van der Waals surface area contributed by atoms with Crippen LogP contribution in [0.25, 0.3) is 0 Å². The van der Waals surface area contributed by atoms with Gasteiger partial charge in [-0.05, 0) is 31.0 Å². The fraction of sp³-hybridized carbons (Fsp3) is 0.667. The van der Waals surface area contributed by atoms with Crippen LogP contribution in [-0.4, -0.2) is 40.7 Å². The summed E-state index contributed by atoms with van der Waals surface area (Å²) in [7, 11) is 0. The molecular formula is C15H27N3O. The number of hydrogen-bond donors (Lipinski definition) is 2. The van der Waals surface area contributed by atoms with Crippen LogP contribution in [0.3, 0.4) is 0 Å². The van der Waals surface area contributed by atoms with Gasteiger partial charge in [0.25, 0.3) is 0 Å². The van der Waals surface area contributed by atoms with Gasteiger partial charge in [-0.3, -0.25) is 9.88 Å². The quantitative estimate of drug-likeness (QED) is 0.716. The van der Waals surface area contributed by atoms with E-state index in [9.17, 15) is 5.11 Å². The summed E-state index contributed by atoms with van der Waals surface area (Å²) in [6.07, 6.45) is 6.83. The maximum absolute atomic E-state index is 9.29. The second-order valence-corrected chi connectivity index (χ2v) is 4.92. The fourth-order valence-corrected chi connectivity index (χ4v) is 2.38. The topological polar surface area (TPSA) is 62.4 Å². The molecular weight excluding hydrogens is 238 g/mol. The minimum atomic E-state index is 0.0626. The summed E-state index contributed by atoms with van der Waals surface area (Å²) in [5.74, 6) is 0. The lowest BCUT2D eigenvalue weighted by molar-refractivity contribution is 0.130. The molecule has 3 N–H and O–H groups in total. The number of aromatic nitrogens is 1. The molecule has 1 aromatic heterocycles. The summed E-state index contributed by atoms with van der Waals surface area (Å²) in [6, 6.07) is 4.22. The Morgan fingerprint density at radius 1 is 1.37 bits per heavy atom. The second kappa shape index (κ2) is 9.02. The first-order chi connectivity index (χ1) is 9.24. The molecule has 0 radical (unpaired) electrons. The minimum absolute atomic E-state index is 0.0626. The highest BCUT2D eigenvalue weighted by Crippen LogP contribution is 2.24. The molecule has 1 aromatic rings. The van der Waals surface area contributed by atoms with Crippen molar-refractivity contribution in [1.82, 2.24) is 9.88 Å². The third-order valence-corrected chi connectivity index (χ3v) is 3.48. The fourth-order valence-electron chi connectivity index (χ4n) is 2.38. The van der Waals surface area contributed by atoms with Gasteiger partial charge in [-0.1, -0.05) is 26.3 Å². The standard InChI is InChI=1S/C15H27N3O/c1-3-5-9-18(10-11-19)15(14(16)4-2)13-7-6-8-17-12-13/h6-8,12,14-15,19H,3-5,9-11,16H2,1-2H3. The first-order valence-corrected chi connectivity index (χ1v) is 7.25. The molecule has 4 nitrogen and oxygen atoms in total. The van der Waals surface area contributed by atoms with Gasteiger partial charge in [0, 0.05) is 25.0 Å². The zero-order valence-electron chi connectivity index (χ0n) is 12.1. The van der Waals surface area contributed by atoms with Gasteiger partial charge in [-0.2, -0.15) is 0 Å². The summed E-state index contributed by atoms with van der Waals surface area (Å²) < 4.78 is 0. The van der Waals surface area contributed by atoms with Crippen molar-refractivity contribution in [3.8, 4) is 0 Å². The molecule has 1 heterocycles. The summed E-state index contributed by atoms with van der Waals surface area (Å²) >= 11 is 0. The van der Waals surface area contributed by atoms with Crippen LogP contribution in [-0.2, 0) is 0 Å². The van der Waals surface area contributed by atoms with Crippen molar-refractivity contribution >= 4 is 0 Å². The molecule has 0 bridgehead atoms. The Balaban J connectivity index is 2.92. The van der Waals surface area contributed by atoms with Gasteiger partial charge in [0.05, 0.1) is 12.6 Å². The number of unbranched alkanes of at least 4 members (excludes halogenated alkanes) is 1. The second-order valence-electron chi connectivity index (χ2n) is 4.92. The molecule has 2 unspecified atom stereocenters. The zero-order chi connectivity index (χ0) is 14.1. The van der Waals surface area contributed by atoms with E-state index >= 15 is 0 Å². The lowest BCUT2D eigenvalue weighted by Gasteiger charge is -2.35. The maximum atomic E-state index is 9.29. The van der Waals surface area contributed by atoms with E-state index in [-0.39, 0.29) is 18.7 Å². The Morgan fingerprint density at radius 2 is 2.16 bits per heavy atom. The third kappa shape index (κ3) is 4.90. The van der Waals surface area contributed by atoms with Crippen LogP contribution < -0.4 is 5.73 Å². The molecule has 2 atom stereocenters. The summed E-state index contributed by atoms with van der Waals surface area (Å²) in [5, 5.41) is 9.29. The van der Waals surface area contributed by atoms with E-state index < -0.39 is 0 Å². The molecule has 0 aliphatic heterocycles. The van der Waals surface area contributed by atoms with E-state index in [2.05, 4.69) is 29.8 Å². The number of nitrogens with two attached hydrogens (primary N) is 1. The van der Waals surface area contributed by atoms with Gasteiger partial charge >= 0.3 is 0 Å². The highest BCUT2D eigenvalue weighted by Gasteiger charge is 2.25. The lowest BCUT2D eigenvalue weighted by Crippen LogP contribution is -2.42. The third-order valence-electron chi connectivity index (χ3n) is 3.48. The highest BCUT2D eigenvalue weighted by molar-refractivity contribution is 5.16. The zero-order valence-corrected chi connectivity index (χ0v) is 12.1. The van der Waals surface area contributed by atoms with Gasteiger partial charge in [0.2, 0.25) is 0 Å². The first kappa shape index (κ1) is 16.1. The molecule has 0 aromatic carbocycles. The molecule has 1 rings (SSSR count). The largest absolute Gasteiger partial charge is 0.395 e. The van der Waals surface area contributed by atoms with E-state index in [0.717, 1.165) is 31.4 Å². The van der Waals surface area contributed by atoms with E-state index in [4.69, 9.17) is 5.73 Å². The molecule has 108 valence electrons. The number of hydrogen-bond acceptors (Lipinski definition) is 4. The Bertz CT molecular complexity index is 331. The van der Waals surface area contributed by atoms with Crippen LogP contribution in [0.15, 0.2) is 24.5 Å². The Kier molecular flexibility index (Phi) is 7.63. The van der Waals surface area contributed by atoms with Crippen molar-refractivity contribution in [2.45, 2.75) is 45.2 Å². The van der Waals surface area contributed by atoms with Crippen LogP contribution in [0.5, 0.6) is 0 Å². The van der Waals surface area contributed by atoms with Gasteiger partial charge in [0.15, 0.2) is 0 Å². The van der Waals surface area contributed by atoms with Crippen molar-refractivity contribution in [3.63, 3.8) is 0 Å². The maximum Gasteiger partial charge on any atom is 0.0558 e. The number of aliphatic hydroxyl groups excluding tert-OH is 1. The van der Waals surface area contributed by atoms with Crippen LogP contribution in [0.2, 0.25) is 0 Å².